The van der Waals surface area contributed by atoms with Gasteiger partial charge in [-0.25, -0.2) is 0 Å². The molecule has 0 fully saturated rings. The fraction of sp³-hybridized carbons (Fsp3) is 0. The smallest absolute Gasteiger partial charge is 1.00 e. The molecule has 2 rings (SSSR count). The van der Waals surface area contributed by atoms with Crippen LogP contribution >= 0.6 is 0 Å². The molecule has 2 aromatic rings. The molecule has 0 N–H and O–H groups in total. The third-order valence-electron chi connectivity index (χ3n) is 2.50. The summed E-state index contributed by atoms with van der Waals surface area (Å²) in [5, 5.41) is 0. The summed E-state index contributed by atoms with van der Waals surface area (Å²) in [6.07, 6.45) is 1.59. The van der Waals surface area contributed by atoms with E-state index in [1.165, 1.54) is 0 Å². The van der Waals surface area contributed by atoms with Crippen molar-refractivity contribution in [2.75, 3.05) is 5.69 Å². The molecule has 0 unspecified atom stereocenters. The first-order valence-electron chi connectivity index (χ1n) is 5.70. The third-order valence-corrected chi connectivity index (χ3v) is 5.34. The van der Waals surface area contributed by atoms with Gasteiger partial charge in [0.2, 0.25) is 0 Å². The number of halogens is 2. The van der Waals surface area contributed by atoms with E-state index in [4.69, 9.17) is 0 Å². The Morgan fingerprint density at radius 2 is 1.00 bits per heavy atom. The SMILES string of the molecule is O=C[N]([Zr+2][N](C=O)c1ccccc1)c1ccccc1.[Cl-].[Cl-]. The Labute approximate surface area is 148 Å². The van der Waals surface area contributed by atoms with E-state index in [-0.39, 0.29) is 24.8 Å². The Kier molecular flexibility index (Phi) is 9.97. The van der Waals surface area contributed by atoms with Gasteiger partial charge < -0.3 is 24.8 Å². The van der Waals surface area contributed by atoms with Crippen molar-refractivity contribution >= 4 is 24.2 Å². The number of anilines is 2. The van der Waals surface area contributed by atoms with Gasteiger partial charge in [-0.1, -0.05) is 0 Å². The maximum absolute atomic E-state index is 11.2. The topological polar surface area (TPSA) is 40.6 Å². The summed E-state index contributed by atoms with van der Waals surface area (Å²) in [5.41, 5.74) is 1.65. The van der Waals surface area contributed by atoms with E-state index in [1.807, 2.05) is 60.7 Å². The van der Waals surface area contributed by atoms with Gasteiger partial charge in [-0.15, -0.1) is 0 Å². The van der Waals surface area contributed by atoms with Gasteiger partial charge in [-0.3, -0.25) is 0 Å². The third kappa shape index (κ3) is 5.62. The maximum atomic E-state index is 11.2. The molecule has 0 aliphatic heterocycles. The number of hydrogen-bond donors (Lipinski definition) is 0. The van der Waals surface area contributed by atoms with Crippen molar-refractivity contribution in [3.63, 3.8) is 0 Å². The minimum absolute atomic E-state index is 0. The van der Waals surface area contributed by atoms with Crippen molar-refractivity contribution in [1.82, 2.24) is 0 Å². The van der Waals surface area contributed by atoms with E-state index in [0.29, 0.717) is 0 Å². The Hall–Kier alpha value is -1.16. The van der Waals surface area contributed by atoms with Gasteiger partial charge in [0.05, 0.1) is 0 Å². The molecule has 7 heteroatoms. The first-order chi connectivity index (χ1) is 9.35. The standard InChI is InChI=1S/2C7H7NO.2ClH.Zr/c2*9-6-8-7-4-2-1-3-5-7;;;/h2*1-6H,(H,8,9);2*1H;/q;;;;+4/p-4. The molecule has 108 valence electrons. The molecule has 0 atom stereocenters. The maximum Gasteiger partial charge on any atom is -1.00 e. The van der Waals surface area contributed by atoms with E-state index < -0.39 is 23.8 Å². The molecule has 0 heterocycles. The summed E-state index contributed by atoms with van der Waals surface area (Å²) >= 11 is -1.54. The largest absolute Gasteiger partial charge is 1.00 e. The van der Waals surface area contributed by atoms with Crippen LogP contribution in [0.3, 0.4) is 0 Å². The summed E-state index contributed by atoms with van der Waals surface area (Å²) in [5.74, 6) is 0. The molecule has 0 aromatic heterocycles. The summed E-state index contributed by atoms with van der Waals surface area (Å²) < 4.78 is 3.29. The van der Waals surface area contributed by atoms with Crippen LogP contribution in [0.25, 0.3) is 0 Å². The predicted octanol–water partition coefficient (Wildman–Crippen LogP) is -3.77. The second-order valence-corrected chi connectivity index (χ2v) is 6.58. The molecule has 0 saturated heterocycles. The normalized spacial score (nSPS) is 8.38. The number of amides is 2. The van der Waals surface area contributed by atoms with E-state index in [9.17, 15) is 9.59 Å². The van der Waals surface area contributed by atoms with Crippen LogP contribution < -0.4 is 30.5 Å². The molecule has 0 radical (unpaired) electrons. The van der Waals surface area contributed by atoms with Crippen molar-refractivity contribution in [3.05, 3.63) is 60.7 Å². The molecule has 0 bridgehead atoms. The minimum atomic E-state index is -1.54. The second-order valence-electron chi connectivity index (χ2n) is 3.72. The van der Waals surface area contributed by atoms with Crippen LogP contribution in [0, 0.1) is 0 Å². The number of rotatable bonds is 6. The van der Waals surface area contributed by atoms with Crippen LogP contribution in [0.2, 0.25) is 0 Å². The van der Waals surface area contributed by atoms with Crippen LogP contribution in [0.15, 0.2) is 60.7 Å². The average Bonchev–Trinajstić information content (AvgIpc) is 2.50. The Balaban J connectivity index is 0.00000200. The second kappa shape index (κ2) is 10.6. The summed E-state index contributed by atoms with van der Waals surface area (Å²) in [6.45, 7) is 0. The van der Waals surface area contributed by atoms with Gasteiger partial charge in [-0.2, -0.15) is 0 Å². The average molecular weight is 402 g/mol. The number of para-hydroxylation sites is 2. The fourth-order valence-electron chi connectivity index (χ4n) is 1.58. The van der Waals surface area contributed by atoms with Crippen molar-refractivity contribution < 1.29 is 58.2 Å². The molecule has 2 amide bonds. The molecule has 4 nitrogen and oxygen atoms in total. The Morgan fingerprint density at radius 1 is 0.667 bits per heavy atom. The van der Waals surface area contributed by atoms with Crippen LogP contribution in [0.4, 0.5) is 11.4 Å². The van der Waals surface area contributed by atoms with Crippen LogP contribution in [0.5, 0.6) is 0 Å². The van der Waals surface area contributed by atoms with Gasteiger partial charge in [0.15, 0.2) is 0 Å². The number of carbonyl (C=O) groups excluding carboxylic acids is 2. The van der Waals surface area contributed by atoms with Gasteiger partial charge in [0, 0.05) is 0 Å². The van der Waals surface area contributed by atoms with Gasteiger partial charge in [0.1, 0.15) is 0 Å². The van der Waals surface area contributed by atoms with Crippen molar-refractivity contribution in [2.24, 2.45) is 0 Å². The summed E-state index contributed by atoms with van der Waals surface area (Å²) in [6, 6.07) is 18.7. The van der Waals surface area contributed by atoms with Crippen LogP contribution in [-0.4, -0.2) is 12.8 Å². The quantitative estimate of drug-likeness (QED) is 0.466. The van der Waals surface area contributed by atoms with Gasteiger partial charge >= 0.3 is 124 Å². The van der Waals surface area contributed by atoms with E-state index >= 15 is 0 Å². The molecular formula is C14H12Cl2N2O2Zr. The zero-order chi connectivity index (χ0) is 13.5. The number of carbonyl (C=O) groups is 2. The molecule has 21 heavy (non-hydrogen) atoms. The number of nitrogens with zero attached hydrogens (tertiary/aromatic N) is 2. The molecule has 0 aliphatic carbocycles. The van der Waals surface area contributed by atoms with Crippen molar-refractivity contribution in [1.29, 1.82) is 0 Å². The van der Waals surface area contributed by atoms with Crippen molar-refractivity contribution in [3.8, 4) is 0 Å². The van der Waals surface area contributed by atoms with Crippen LogP contribution in [-0.2, 0) is 33.4 Å². The molecule has 2 aromatic carbocycles. The zero-order valence-corrected chi connectivity index (χ0v) is 14.9. The van der Waals surface area contributed by atoms with E-state index in [0.717, 1.165) is 24.2 Å². The first-order valence-corrected chi connectivity index (χ1v) is 7.90. The molecule has 0 aliphatic rings. The number of hydrogen-bond acceptors (Lipinski definition) is 2. The van der Waals surface area contributed by atoms with E-state index in [2.05, 4.69) is 0 Å². The van der Waals surface area contributed by atoms with Gasteiger partial charge in [-0.05, 0) is 0 Å². The molecular weight excluding hydrogens is 390 g/mol. The van der Waals surface area contributed by atoms with Crippen LogP contribution in [0.1, 0.15) is 0 Å². The van der Waals surface area contributed by atoms with Crippen molar-refractivity contribution in [2.45, 2.75) is 0 Å². The monoisotopic (exact) mass is 400 g/mol. The van der Waals surface area contributed by atoms with Gasteiger partial charge in [0.25, 0.3) is 0 Å². The first kappa shape index (κ1) is 19.8. The predicted molar refractivity (Wildman–Crippen MR) is 70.0 cm³/mol. The summed E-state index contributed by atoms with van der Waals surface area (Å²) in [4.78, 5) is 22.4. The molecule has 0 saturated carbocycles. The Bertz CT molecular complexity index is 494. The zero-order valence-electron chi connectivity index (χ0n) is 10.9. The Morgan fingerprint density at radius 3 is 1.29 bits per heavy atom. The summed E-state index contributed by atoms with van der Waals surface area (Å²) in [7, 11) is 0. The molecule has 0 spiro atoms. The number of benzene rings is 2. The van der Waals surface area contributed by atoms with E-state index in [1.54, 1.807) is 5.69 Å². The minimum Gasteiger partial charge on any atom is -1.00 e. The fourth-order valence-corrected chi connectivity index (χ4v) is 3.68.